The van der Waals surface area contributed by atoms with E-state index in [0.717, 1.165) is 44.9 Å². The van der Waals surface area contributed by atoms with E-state index in [9.17, 15) is 0 Å². The number of benzene rings is 8. The quantitative estimate of drug-likeness (QED) is 0.171. The van der Waals surface area contributed by atoms with Crippen molar-refractivity contribution in [1.29, 1.82) is 0 Å². The Labute approximate surface area is 286 Å². The van der Waals surface area contributed by atoms with Gasteiger partial charge in [-0.2, -0.15) is 0 Å². The van der Waals surface area contributed by atoms with E-state index in [1.54, 1.807) is 0 Å². The second-order valence-corrected chi connectivity index (χ2v) is 12.6. The molecule has 49 heavy (non-hydrogen) atoms. The zero-order valence-electron chi connectivity index (χ0n) is 27.2. The summed E-state index contributed by atoms with van der Waals surface area (Å²) in [6.45, 7) is 2.14. The zero-order valence-corrected chi connectivity index (χ0v) is 27.2. The molecule has 0 radical (unpaired) electrons. The van der Waals surface area contributed by atoms with E-state index in [1.165, 1.54) is 43.8 Å². The Balaban J connectivity index is 1.17. The first-order chi connectivity index (χ1) is 24.2. The molecule has 0 aliphatic carbocycles. The summed E-state index contributed by atoms with van der Waals surface area (Å²) >= 11 is 0. The molecular weight excluding hydrogens is 595 g/mol. The van der Waals surface area contributed by atoms with E-state index in [2.05, 4.69) is 182 Å². The summed E-state index contributed by atoms with van der Waals surface area (Å²) < 4.78 is 6.41. The summed E-state index contributed by atoms with van der Waals surface area (Å²) in [7, 11) is 0. The molecule has 9 rings (SSSR count). The van der Waals surface area contributed by atoms with Gasteiger partial charge in [0, 0.05) is 33.6 Å². The number of hydrogen-bond acceptors (Lipinski definition) is 2. The highest BCUT2D eigenvalue weighted by molar-refractivity contribution is 6.13. The lowest BCUT2D eigenvalue weighted by atomic mass is 9.93. The van der Waals surface area contributed by atoms with E-state index >= 15 is 0 Å². The summed E-state index contributed by atoms with van der Waals surface area (Å²) in [5.41, 5.74) is 11.2. The van der Waals surface area contributed by atoms with E-state index in [-0.39, 0.29) is 0 Å². The molecule has 0 saturated carbocycles. The Morgan fingerprint density at radius 1 is 0.388 bits per heavy atom. The summed E-state index contributed by atoms with van der Waals surface area (Å²) in [5.74, 6) is 0.904. The number of nitrogens with zero attached hydrogens (tertiary/aromatic N) is 1. The van der Waals surface area contributed by atoms with Gasteiger partial charge in [0.25, 0.3) is 0 Å². The summed E-state index contributed by atoms with van der Waals surface area (Å²) in [4.78, 5) is 2.33. The normalized spacial score (nSPS) is 11.4. The maximum Gasteiger partial charge on any atom is 0.138 e. The SMILES string of the molecule is Cc1c(-c2cccc(N(c3ccc(-c4ccccc4)cc3)c3ccc(-c4cc5ccccc5c5ccccc45)cc3)c2)oc2ccccc12. The van der Waals surface area contributed by atoms with Crippen molar-refractivity contribution in [1.82, 2.24) is 0 Å². The van der Waals surface area contributed by atoms with Crippen LogP contribution in [0, 0.1) is 6.92 Å². The van der Waals surface area contributed by atoms with Crippen LogP contribution in [-0.4, -0.2) is 0 Å². The van der Waals surface area contributed by atoms with Crippen LogP contribution in [0.5, 0.6) is 0 Å². The Morgan fingerprint density at radius 3 is 1.69 bits per heavy atom. The fourth-order valence-corrected chi connectivity index (χ4v) is 7.20. The van der Waals surface area contributed by atoms with Crippen molar-refractivity contribution < 1.29 is 4.42 Å². The summed E-state index contributed by atoms with van der Waals surface area (Å²) in [5, 5.41) is 6.21. The third-order valence-corrected chi connectivity index (χ3v) is 9.65. The monoisotopic (exact) mass is 627 g/mol. The average Bonchev–Trinajstić information content (AvgIpc) is 3.52. The molecule has 232 valence electrons. The van der Waals surface area contributed by atoms with E-state index in [0.29, 0.717) is 0 Å². The van der Waals surface area contributed by atoms with Gasteiger partial charge in [-0.1, -0.05) is 133 Å². The lowest BCUT2D eigenvalue weighted by Gasteiger charge is -2.26. The topological polar surface area (TPSA) is 16.4 Å². The van der Waals surface area contributed by atoms with Gasteiger partial charge >= 0.3 is 0 Å². The fourth-order valence-electron chi connectivity index (χ4n) is 7.20. The van der Waals surface area contributed by atoms with Gasteiger partial charge in [-0.15, -0.1) is 0 Å². The summed E-state index contributed by atoms with van der Waals surface area (Å²) in [6, 6.07) is 65.0. The van der Waals surface area contributed by atoms with Crippen LogP contribution >= 0.6 is 0 Å². The van der Waals surface area contributed by atoms with Crippen LogP contribution in [0.15, 0.2) is 186 Å². The van der Waals surface area contributed by atoms with Gasteiger partial charge in [0.1, 0.15) is 11.3 Å². The van der Waals surface area contributed by atoms with Crippen LogP contribution in [0.3, 0.4) is 0 Å². The first-order valence-corrected chi connectivity index (χ1v) is 16.8. The Morgan fingerprint density at radius 2 is 0.959 bits per heavy atom. The number of rotatable bonds is 6. The molecule has 8 aromatic carbocycles. The average molecular weight is 628 g/mol. The van der Waals surface area contributed by atoms with Crippen molar-refractivity contribution >= 4 is 49.6 Å². The minimum atomic E-state index is 0.904. The number of fused-ring (bicyclic) bond motifs is 4. The van der Waals surface area contributed by atoms with Crippen molar-refractivity contribution in [2.45, 2.75) is 6.92 Å². The van der Waals surface area contributed by atoms with E-state index < -0.39 is 0 Å². The van der Waals surface area contributed by atoms with Gasteiger partial charge in [0.2, 0.25) is 0 Å². The lowest BCUT2D eigenvalue weighted by molar-refractivity contribution is 0.629. The Bertz CT molecular complexity index is 2600. The molecule has 0 bridgehead atoms. The first kappa shape index (κ1) is 28.8. The summed E-state index contributed by atoms with van der Waals surface area (Å²) in [6.07, 6.45) is 0. The van der Waals surface area contributed by atoms with Crippen molar-refractivity contribution in [2.75, 3.05) is 4.90 Å². The van der Waals surface area contributed by atoms with Crippen molar-refractivity contribution in [2.24, 2.45) is 0 Å². The number of furan rings is 1. The first-order valence-electron chi connectivity index (χ1n) is 16.8. The zero-order chi connectivity index (χ0) is 32.7. The number of aryl methyl sites for hydroxylation is 1. The molecule has 2 heteroatoms. The number of para-hydroxylation sites is 1. The highest BCUT2D eigenvalue weighted by atomic mass is 16.3. The van der Waals surface area contributed by atoms with Crippen LogP contribution in [-0.2, 0) is 0 Å². The van der Waals surface area contributed by atoms with Crippen LogP contribution in [0.4, 0.5) is 17.1 Å². The number of anilines is 3. The molecule has 0 unspecified atom stereocenters. The van der Waals surface area contributed by atoms with Crippen molar-refractivity contribution in [3.63, 3.8) is 0 Å². The van der Waals surface area contributed by atoms with Crippen LogP contribution in [0.2, 0.25) is 0 Å². The second-order valence-electron chi connectivity index (χ2n) is 12.6. The predicted molar refractivity (Wildman–Crippen MR) is 207 cm³/mol. The van der Waals surface area contributed by atoms with Crippen molar-refractivity contribution in [3.8, 4) is 33.6 Å². The highest BCUT2D eigenvalue weighted by Gasteiger charge is 2.18. The number of hydrogen-bond donors (Lipinski definition) is 0. The maximum absolute atomic E-state index is 6.41. The molecular formula is C47H33NO. The maximum atomic E-state index is 6.41. The largest absolute Gasteiger partial charge is 0.456 e. The van der Waals surface area contributed by atoms with Gasteiger partial charge < -0.3 is 9.32 Å². The molecule has 9 aromatic rings. The lowest BCUT2D eigenvalue weighted by Crippen LogP contribution is -2.10. The highest BCUT2D eigenvalue weighted by Crippen LogP contribution is 2.41. The molecule has 2 nitrogen and oxygen atoms in total. The smallest absolute Gasteiger partial charge is 0.138 e. The van der Waals surface area contributed by atoms with Crippen LogP contribution in [0.1, 0.15) is 5.56 Å². The molecule has 0 aliphatic heterocycles. The molecule has 0 amide bonds. The molecule has 0 spiro atoms. The third-order valence-electron chi connectivity index (χ3n) is 9.65. The molecule has 0 saturated heterocycles. The van der Waals surface area contributed by atoms with Crippen LogP contribution in [0.25, 0.3) is 66.1 Å². The minimum absolute atomic E-state index is 0.904. The molecule has 0 fully saturated rings. The Hall–Kier alpha value is -6.38. The molecule has 0 atom stereocenters. The van der Waals surface area contributed by atoms with Gasteiger partial charge in [-0.3, -0.25) is 0 Å². The predicted octanol–water partition coefficient (Wildman–Crippen LogP) is 13.5. The Kier molecular flexibility index (Phi) is 7.06. The van der Waals surface area contributed by atoms with Crippen LogP contribution < -0.4 is 4.90 Å². The molecule has 1 aromatic heterocycles. The van der Waals surface area contributed by atoms with Gasteiger partial charge in [-0.05, 0) is 99.3 Å². The fraction of sp³-hybridized carbons (Fsp3) is 0.0213. The third kappa shape index (κ3) is 5.15. The molecule has 1 heterocycles. The standard InChI is InChI=1S/C47H33NO/c1-32-41-17-9-10-21-46(41)49-47(32)37-15-11-16-40(30-37)48(38-26-22-34(23-27-38)33-12-3-2-4-13-33)39-28-24-35(25-29-39)45-31-36-14-5-6-18-42(36)43-19-7-8-20-44(43)45/h2-31H,1H3. The second kappa shape index (κ2) is 12.0. The van der Waals surface area contributed by atoms with E-state index in [4.69, 9.17) is 4.42 Å². The van der Waals surface area contributed by atoms with Gasteiger partial charge in [0.15, 0.2) is 0 Å². The molecule has 0 aliphatic rings. The molecule has 0 N–H and O–H groups in total. The van der Waals surface area contributed by atoms with Gasteiger partial charge in [0.05, 0.1) is 0 Å². The van der Waals surface area contributed by atoms with Crippen molar-refractivity contribution in [3.05, 3.63) is 188 Å². The van der Waals surface area contributed by atoms with Gasteiger partial charge in [-0.25, -0.2) is 0 Å². The minimum Gasteiger partial charge on any atom is -0.456 e. The van der Waals surface area contributed by atoms with E-state index in [1.807, 2.05) is 12.1 Å².